The number of ether oxygens (including phenoxy) is 1. The van der Waals surface area contributed by atoms with Crippen LogP contribution in [-0.2, 0) is 11.3 Å². The maximum atomic E-state index is 13.7. The van der Waals surface area contributed by atoms with E-state index in [1.54, 1.807) is 6.07 Å². The van der Waals surface area contributed by atoms with E-state index < -0.39 is 5.54 Å². The average molecular weight is 265 g/mol. The first-order valence-corrected chi connectivity index (χ1v) is 6.56. The van der Waals surface area contributed by atoms with Crippen LogP contribution in [0.4, 0.5) is 4.39 Å². The molecule has 1 aliphatic heterocycles. The summed E-state index contributed by atoms with van der Waals surface area (Å²) in [7, 11) is 1.45. The van der Waals surface area contributed by atoms with Crippen molar-refractivity contribution in [3.8, 4) is 5.75 Å². The number of ketones is 1. The summed E-state index contributed by atoms with van der Waals surface area (Å²) in [5.74, 6) is 0.145. The van der Waals surface area contributed by atoms with E-state index in [-0.39, 0.29) is 17.3 Å². The molecule has 0 aliphatic carbocycles. The van der Waals surface area contributed by atoms with Gasteiger partial charge >= 0.3 is 0 Å². The molecule has 1 heterocycles. The summed E-state index contributed by atoms with van der Waals surface area (Å²) in [5.41, 5.74) is 0.398. The minimum atomic E-state index is -0.464. The summed E-state index contributed by atoms with van der Waals surface area (Å²) in [5, 5.41) is 0. The van der Waals surface area contributed by atoms with E-state index in [0.29, 0.717) is 13.0 Å². The zero-order chi connectivity index (χ0) is 14.0. The molecular weight excluding hydrogens is 245 g/mol. The fraction of sp³-hybridized carbons (Fsp3) is 0.533. The van der Waals surface area contributed by atoms with Crippen LogP contribution in [0, 0.1) is 5.82 Å². The number of rotatable bonds is 3. The Morgan fingerprint density at radius 1 is 1.42 bits per heavy atom. The number of hydrogen-bond donors (Lipinski definition) is 0. The minimum absolute atomic E-state index is 0.248. The van der Waals surface area contributed by atoms with Crippen molar-refractivity contribution in [3.05, 3.63) is 29.6 Å². The Kier molecular flexibility index (Phi) is 3.90. The van der Waals surface area contributed by atoms with E-state index in [0.717, 1.165) is 18.5 Å². The van der Waals surface area contributed by atoms with Gasteiger partial charge in [0.05, 0.1) is 12.6 Å². The molecule has 19 heavy (non-hydrogen) atoms. The average Bonchev–Trinajstić information content (AvgIpc) is 2.36. The quantitative estimate of drug-likeness (QED) is 0.841. The second kappa shape index (κ2) is 5.29. The van der Waals surface area contributed by atoms with Crippen LogP contribution in [0.1, 0.15) is 32.3 Å². The molecule has 1 fully saturated rings. The van der Waals surface area contributed by atoms with E-state index >= 15 is 0 Å². The predicted molar refractivity (Wildman–Crippen MR) is 71.7 cm³/mol. The molecule has 0 aromatic heterocycles. The number of nitrogens with zero attached hydrogens (tertiary/aromatic N) is 1. The molecule has 0 bridgehead atoms. The van der Waals surface area contributed by atoms with E-state index in [4.69, 9.17) is 4.74 Å². The number of piperidine rings is 1. The van der Waals surface area contributed by atoms with Gasteiger partial charge in [-0.3, -0.25) is 9.69 Å². The SMILES string of the molecule is COc1ccc(CN2CCCC(=O)C2(C)C)cc1F. The van der Waals surface area contributed by atoms with E-state index in [1.165, 1.54) is 13.2 Å². The van der Waals surface area contributed by atoms with Crippen LogP contribution < -0.4 is 4.74 Å². The lowest BCUT2D eigenvalue weighted by molar-refractivity contribution is -0.133. The maximum absolute atomic E-state index is 13.7. The molecule has 1 saturated heterocycles. The Balaban J connectivity index is 2.16. The Labute approximate surface area is 113 Å². The van der Waals surface area contributed by atoms with Gasteiger partial charge in [0.1, 0.15) is 0 Å². The molecule has 2 rings (SSSR count). The van der Waals surface area contributed by atoms with Gasteiger partial charge < -0.3 is 4.74 Å². The molecule has 3 nitrogen and oxygen atoms in total. The van der Waals surface area contributed by atoms with Crippen LogP contribution in [0.2, 0.25) is 0 Å². The summed E-state index contributed by atoms with van der Waals surface area (Å²) in [6, 6.07) is 4.95. The normalized spacial score (nSPS) is 19.5. The Morgan fingerprint density at radius 3 is 2.79 bits per heavy atom. The lowest BCUT2D eigenvalue weighted by Crippen LogP contribution is -2.53. The van der Waals surface area contributed by atoms with Gasteiger partial charge in [0.15, 0.2) is 17.3 Å². The second-order valence-corrected chi connectivity index (χ2v) is 5.48. The molecule has 104 valence electrons. The van der Waals surface area contributed by atoms with Gasteiger partial charge in [-0.25, -0.2) is 4.39 Å². The van der Waals surface area contributed by atoms with Gasteiger partial charge in [-0.05, 0) is 44.5 Å². The summed E-state index contributed by atoms with van der Waals surface area (Å²) < 4.78 is 18.6. The van der Waals surface area contributed by atoms with Crippen LogP contribution in [0.5, 0.6) is 5.75 Å². The number of hydrogen-bond acceptors (Lipinski definition) is 3. The van der Waals surface area contributed by atoms with Gasteiger partial charge in [-0.15, -0.1) is 0 Å². The van der Waals surface area contributed by atoms with Crippen LogP contribution in [-0.4, -0.2) is 29.9 Å². The molecular formula is C15H20FNO2. The Hall–Kier alpha value is -1.42. The number of Topliss-reactive ketones (excluding diaryl/α,β-unsaturated/α-hetero) is 1. The smallest absolute Gasteiger partial charge is 0.165 e. The Morgan fingerprint density at radius 2 is 2.16 bits per heavy atom. The molecule has 1 aromatic rings. The van der Waals surface area contributed by atoms with Crippen LogP contribution in [0.15, 0.2) is 18.2 Å². The molecule has 4 heteroatoms. The molecule has 0 atom stereocenters. The highest BCUT2D eigenvalue weighted by atomic mass is 19.1. The third-order valence-corrected chi connectivity index (χ3v) is 3.89. The topological polar surface area (TPSA) is 29.5 Å². The maximum Gasteiger partial charge on any atom is 0.165 e. The lowest BCUT2D eigenvalue weighted by Gasteiger charge is -2.41. The second-order valence-electron chi connectivity index (χ2n) is 5.48. The fourth-order valence-electron chi connectivity index (χ4n) is 2.50. The molecule has 0 saturated carbocycles. The number of carbonyl (C=O) groups is 1. The first-order chi connectivity index (χ1) is 8.95. The van der Waals surface area contributed by atoms with E-state index in [1.807, 2.05) is 19.9 Å². The summed E-state index contributed by atoms with van der Waals surface area (Å²) in [4.78, 5) is 14.1. The zero-order valence-electron chi connectivity index (χ0n) is 11.7. The van der Waals surface area contributed by atoms with Gasteiger partial charge in [0.2, 0.25) is 0 Å². The molecule has 0 unspecified atom stereocenters. The van der Waals surface area contributed by atoms with Gasteiger partial charge in [-0.2, -0.15) is 0 Å². The van der Waals surface area contributed by atoms with Crippen LogP contribution in [0.3, 0.4) is 0 Å². The van der Waals surface area contributed by atoms with Crippen molar-refractivity contribution in [2.45, 2.75) is 38.8 Å². The highest BCUT2D eigenvalue weighted by molar-refractivity contribution is 5.88. The lowest BCUT2D eigenvalue weighted by atomic mass is 9.88. The molecule has 1 aromatic carbocycles. The minimum Gasteiger partial charge on any atom is -0.494 e. The van der Waals surface area contributed by atoms with Gasteiger partial charge in [0.25, 0.3) is 0 Å². The van der Waals surface area contributed by atoms with Crippen molar-refractivity contribution in [1.82, 2.24) is 4.90 Å². The van der Waals surface area contributed by atoms with Crippen molar-refractivity contribution in [3.63, 3.8) is 0 Å². The van der Waals surface area contributed by atoms with E-state index in [9.17, 15) is 9.18 Å². The number of halogens is 1. The fourth-order valence-corrected chi connectivity index (χ4v) is 2.50. The van der Waals surface area contributed by atoms with Crippen molar-refractivity contribution >= 4 is 5.78 Å². The first-order valence-electron chi connectivity index (χ1n) is 6.56. The summed E-state index contributed by atoms with van der Waals surface area (Å²) >= 11 is 0. The molecule has 0 amide bonds. The highest BCUT2D eigenvalue weighted by Crippen LogP contribution is 2.27. The largest absolute Gasteiger partial charge is 0.494 e. The highest BCUT2D eigenvalue weighted by Gasteiger charge is 2.36. The monoisotopic (exact) mass is 265 g/mol. The van der Waals surface area contributed by atoms with Crippen molar-refractivity contribution < 1.29 is 13.9 Å². The van der Waals surface area contributed by atoms with Crippen LogP contribution in [0.25, 0.3) is 0 Å². The summed E-state index contributed by atoms with van der Waals surface area (Å²) in [6.07, 6.45) is 1.52. The zero-order valence-corrected chi connectivity index (χ0v) is 11.7. The number of likely N-dealkylation sites (tertiary alicyclic amines) is 1. The first kappa shape index (κ1) is 14.0. The summed E-state index contributed by atoms with van der Waals surface area (Å²) in [6.45, 7) is 5.33. The molecule has 0 spiro atoms. The number of benzene rings is 1. The molecule has 0 radical (unpaired) electrons. The van der Waals surface area contributed by atoms with Gasteiger partial charge in [0, 0.05) is 13.0 Å². The standard InChI is InChI=1S/C15H20FNO2/c1-15(2)14(18)5-4-8-17(15)10-11-6-7-13(19-3)12(16)9-11/h6-7,9H,4-5,8,10H2,1-3H3. The number of carbonyl (C=O) groups excluding carboxylic acids is 1. The third kappa shape index (κ3) is 2.78. The van der Waals surface area contributed by atoms with Crippen molar-refractivity contribution in [2.75, 3.05) is 13.7 Å². The van der Waals surface area contributed by atoms with E-state index in [2.05, 4.69) is 4.90 Å². The van der Waals surface area contributed by atoms with Crippen molar-refractivity contribution in [2.24, 2.45) is 0 Å². The van der Waals surface area contributed by atoms with Crippen LogP contribution >= 0.6 is 0 Å². The predicted octanol–water partition coefficient (Wildman–Crippen LogP) is 2.78. The molecule has 0 N–H and O–H groups in total. The van der Waals surface area contributed by atoms with Gasteiger partial charge in [-0.1, -0.05) is 6.07 Å². The molecule has 1 aliphatic rings. The third-order valence-electron chi connectivity index (χ3n) is 3.89. The Bertz CT molecular complexity index is 485. The van der Waals surface area contributed by atoms with Crippen molar-refractivity contribution in [1.29, 1.82) is 0 Å². The number of methoxy groups -OCH3 is 1.